The number of benzene rings is 2. The van der Waals surface area contributed by atoms with Crippen LogP contribution in [0.1, 0.15) is 51.3 Å². The topological polar surface area (TPSA) is 104 Å². The van der Waals surface area contributed by atoms with E-state index in [9.17, 15) is 24.9 Å². The van der Waals surface area contributed by atoms with Crippen LogP contribution in [0.15, 0.2) is 35.9 Å². The summed E-state index contributed by atoms with van der Waals surface area (Å²) in [5, 5.41) is 31.0. The number of carbonyl (C=O) groups excluding carboxylic acids is 2. The molecule has 2 rings (SSSR count). The Morgan fingerprint density at radius 2 is 1.70 bits per heavy atom. The largest absolute Gasteiger partial charge is 0.507 e. The van der Waals surface area contributed by atoms with Gasteiger partial charge in [-0.25, -0.2) is 4.79 Å². The number of hydrogen-bond donors (Lipinski definition) is 3. The third-order valence-corrected chi connectivity index (χ3v) is 4.09. The maximum Gasteiger partial charge on any atom is 0.338 e. The molecule has 0 bridgehead atoms. The molecule has 0 unspecified atom stereocenters. The van der Waals surface area contributed by atoms with E-state index >= 15 is 0 Å². The predicted octanol–water partition coefficient (Wildman–Crippen LogP) is 3.64. The van der Waals surface area contributed by atoms with Crippen molar-refractivity contribution < 1.29 is 29.6 Å². The van der Waals surface area contributed by atoms with Crippen LogP contribution in [0.2, 0.25) is 0 Å². The first-order valence-corrected chi connectivity index (χ1v) is 8.31. The highest BCUT2D eigenvalue weighted by Gasteiger charge is 2.28. The predicted molar refractivity (Wildman–Crippen MR) is 101 cm³/mol. The van der Waals surface area contributed by atoms with E-state index in [1.165, 1.54) is 24.3 Å². The lowest BCUT2D eigenvalue weighted by atomic mass is 9.92. The molecular formula is C21H22O6. The molecule has 0 saturated carbocycles. The van der Waals surface area contributed by atoms with Gasteiger partial charge in [0.2, 0.25) is 5.78 Å². The van der Waals surface area contributed by atoms with E-state index in [0.717, 1.165) is 12.7 Å². The van der Waals surface area contributed by atoms with Gasteiger partial charge in [-0.2, -0.15) is 0 Å². The molecule has 0 fully saturated rings. The minimum atomic E-state index is -0.873. The highest BCUT2D eigenvalue weighted by Crippen LogP contribution is 2.36. The van der Waals surface area contributed by atoms with Crippen LogP contribution in [-0.2, 0) is 11.2 Å². The van der Waals surface area contributed by atoms with Gasteiger partial charge in [0.05, 0.1) is 18.2 Å². The lowest BCUT2D eigenvalue weighted by Gasteiger charge is -2.14. The summed E-state index contributed by atoms with van der Waals surface area (Å²) in [5.41, 5.74) is 1.16. The van der Waals surface area contributed by atoms with E-state index in [1.807, 2.05) is 19.9 Å². The summed E-state index contributed by atoms with van der Waals surface area (Å²) in [7, 11) is 1.16. The monoisotopic (exact) mass is 370 g/mol. The first-order chi connectivity index (χ1) is 12.7. The molecule has 27 heavy (non-hydrogen) atoms. The number of aromatic hydroxyl groups is 3. The molecule has 0 amide bonds. The molecule has 6 nitrogen and oxygen atoms in total. The van der Waals surface area contributed by atoms with E-state index in [0.29, 0.717) is 17.5 Å². The number of methoxy groups -OCH3 is 1. The summed E-state index contributed by atoms with van der Waals surface area (Å²) in [6.07, 6.45) is 2.22. The van der Waals surface area contributed by atoms with E-state index in [1.54, 1.807) is 6.92 Å². The Morgan fingerprint density at radius 3 is 2.30 bits per heavy atom. The first-order valence-electron chi connectivity index (χ1n) is 8.31. The van der Waals surface area contributed by atoms with E-state index in [4.69, 9.17) is 0 Å². The minimum Gasteiger partial charge on any atom is -0.507 e. The van der Waals surface area contributed by atoms with Gasteiger partial charge in [0.1, 0.15) is 22.8 Å². The number of ketones is 1. The second-order valence-electron chi connectivity index (χ2n) is 6.48. The van der Waals surface area contributed by atoms with Crippen LogP contribution in [0, 0.1) is 6.92 Å². The Kier molecular flexibility index (Phi) is 5.90. The number of aryl methyl sites for hydroxylation is 1. The van der Waals surface area contributed by atoms with Crippen LogP contribution in [0.25, 0.3) is 0 Å². The number of rotatable bonds is 5. The zero-order valence-corrected chi connectivity index (χ0v) is 15.7. The molecule has 6 heteroatoms. The van der Waals surface area contributed by atoms with Crippen LogP contribution in [0.3, 0.4) is 0 Å². The average molecular weight is 370 g/mol. The van der Waals surface area contributed by atoms with Crippen molar-refractivity contribution in [1.82, 2.24) is 0 Å². The zero-order chi connectivity index (χ0) is 20.3. The van der Waals surface area contributed by atoms with Crippen molar-refractivity contribution >= 4 is 11.8 Å². The molecule has 2 aromatic carbocycles. The Labute approximate surface area is 157 Å². The van der Waals surface area contributed by atoms with Crippen LogP contribution in [0.4, 0.5) is 0 Å². The lowest BCUT2D eigenvalue weighted by Crippen LogP contribution is -2.13. The molecule has 3 N–H and O–H groups in total. The molecule has 0 atom stereocenters. The normalized spacial score (nSPS) is 10.4. The quantitative estimate of drug-likeness (QED) is 0.422. The number of hydrogen-bond acceptors (Lipinski definition) is 6. The van der Waals surface area contributed by atoms with E-state index < -0.39 is 29.0 Å². The fourth-order valence-corrected chi connectivity index (χ4v) is 2.73. The van der Waals surface area contributed by atoms with Crippen molar-refractivity contribution in [3.05, 3.63) is 63.7 Å². The van der Waals surface area contributed by atoms with E-state index in [2.05, 4.69) is 4.74 Å². The number of phenolic OH excluding ortho intramolecular Hbond substituents is 3. The lowest BCUT2D eigenvalue weighted by molar-refractivity contribution is 0.0596. The minimum absolute atomic E-state index is 0.145. The van der Waals surface area contributed by atoms with Gasteiger partial charge in [-0.05, 0) is 56.5 Å². The van der Waals surface area contributed by atoms with E-state index in [-0.39, 0.29) is 16.7 Å². The van der Waals surface area contributed by atoms with Crippen molar-refractivity contribution in [2.75, 3.05) is 7.11 Å². The molecule has 0 spiro atoms. The number of ether oxygens (including phenoxy) is 1. The summed E-state index contributed by atoms with van der Waals surface area (Å²) in [4.78, 5) is 25.1. The third kappa shape index (κ3) is 4.11. The molecule has 0 radical (unpaired) electrons. The summed E-state index contributed by atoms with van der Waals surface area (Å²) in [6.45, 7) is 5.45. The van der Waals surface area contributed by atoms with Crippen molar-refractivity contribution in [3.63, 3.8) is 0 Å². The second kappa shape index (κ2) is 7.95. The SMILES string of the molecule is COC(=O)c1cc(C)cc(O)c1C(=O)c1c(O)ccc(CC=C(C)C)c1O. The Balaban J connectivity index is 2.67. The number of carbonyl (C=O) groups is 2. The standard InChI is InChI=1S/C21H22O6/c1-11(2)5-6-13-7-8-15(22)18(19(13)24)20(25)17-14(21(26)27-4)9-12(3)10-16(17)23/h5,7-10,22-24H,6H2,1-4H3. The zero-order valence-electron chi connectivity index (χ0n) is 15.7. The van der Waals surface area contributed by atoms with Crippen LogP contribution in [-0.4, -0.2) is 34.2 Å². The number of allylic oxidation sites excluding steroid dienone is 2. The van der Waals surface area contributed by atoms with Crippen molar-refractivity contribution in [2.45, 2.75) is 27.2 Å². The molecule has 2 aromatic rings. The summed E-state index contributed by atoms with van der Waals surface area (Å²) in [5.74, 6) is -2.96. The van der Waals surface area contributed by atoms with Crippen LogP contribution < -0.4 is 0 Å². The summed E-state index contributed by atoms with van der Waals surface area (Å²) >= 11 is 0. The molecule has 0 heterocycles. The molecule has 0 aliphatic rings. The summed E-state index contributed by atoms with van der Waals surface area (Å²) < 4.78 is 4.69. The second-order valence-corrected chi connectivity index (χ2v) is 6.48. The van der Waals surface area contributed by atoms with Crippen LogP contribution in [0.5, 0.6) is 17.2 Å². The van der Waals surface area contributed by atoms with Gasteiger partial charge >= 0.3 is 5.97 Å². The first kappa shape index (κ1) is 20.0. The molecule has 142 valence electrons. The number of phenols is 3. The molecule has 0 saturated heterocycles. The Bertz CT molecular complexity index is 936. The van der Waals surface area contributed by atoms with Crippen molar-refractivity contribution in [2.24, 2.45) is 0 Å². The Morgan fingerprint density at radius 1 is 1.04 bits per heavy atom. The van der Waals surface area contributed by atoms with Gasteiger partial charge in [-0.15, -0.1) is 0 Å². The average Bonchev–Trinajstić information content (AvgIpc) is 2.59. The molecular weight excluding hydrogens is 348 g/mol. The van der Waals surface area contributed by atoms with Crippen molar-refractivity contribution in [1.29, 1.82) is 0 Å². The number of esters is 1. The smallest absolute Gasteiger partial charge is 0.338 e. The molecule has 0 aliphatic heterocycles. The summed E-state index contributed by atoms with van der Waals surface area (Å²) in [6, 6.07) is 5.53. The third-order valence-electron chi connectivity index (χ3n) is 4.09. The van der Waals surface area contributed by atoms with Crippen molar-refractivity contribution in [3.8, 4) is 17.2 Å². The van der Waals surface area contributed by atoms with Gasteiger partial charge in [-0.1, -0.05) is 17.7 Å². The van der Waals surface area contributed by atoms with Gasteiger partial charge in [0, 0.05) is 0 Å². The van der Waals surface area contributed by atoms with Gasteiger partial charge < -0.3 is 20.1 Å². The van der Waals surface area contributed by atoms with Crippen LogP contribution >= 0.6 is 0 Å². The Hall–Kier alpha value is -3.28. The maximum absolute atomic E-state index is 13.0. The highest BCUT2D eigenvalue weighted by molar-refractivity contribution is 6.18. The molecule has 0 aromatic heterocycles. The highest BCUT2D eigenvalue weighted by atomic mass is 16.5. The van der Waals surface area contributed by atoms with Gasteiger partial charge in [-0.3, -0.25) is 4.79 Å². The van der Waals surface area contributed by atoms with Gasteiger partial charge in [0.15, 0.2) is 0 Å². The fraction of sp³-hybridized carbons (Fsp3) is 0.238. The fourth-order valence-electron chi connectivity index (χ4n) is 2.73. The molecule has 0 aliphatic carbocycles. The van der Waals surface area contributed by atoms with Gasteiger partial charge in [0.25, 0.3) is 0 Å². The maximum atomic E-state index is 13.0.